The molecule has 96 valence electrons. The number of hydrogen-bond donors (Lipinski definition) is 0. The molecule has 1 rings (SSSR count). The predicted octanol–water partition coefficient (Wildman–Crippen LogP) is 2.25. The summed E-state index contributed by atoms with van der Waals surface area (Å²) in [5.41, 5.74) is 0. The SMILES string of the molecule is CC(C)C(CBr)CS(=O)(=O)CC1CCCO1. The van der Waals surface area contributed by atoms with E-state index in [9.17, 15) is 8.42 Å². The molecule has 0 aromatic rings. The minimum Gasteiger partial charge on any atom is -0.377 e. The zero-order valence-corrected chi connectivity index (χ0v) is 12.4. The van der Waals surface area contributed by atoms with Crippen LogP contribution in [0.15, 0.2) is 0 Å². The van der Waals surface area contributed by atoms with Crippen molar-refractivity contribution in [3.63, 3.8) is 0 Å². The van der Waals surface area contributed by atoms with Crippen LogP contribution in [0.3, 0.4) is 0 Å². The molecular formula is C11H21BrO3S. The van der Waals surface area contributed by atoms with Crippen LogP contribution in [0.2, 0.25) is 0 Å². The van der Waals surface area contributed by atoms with E-state index in [0.717, 1.165) is 18.2 Å². The molecule has 5 heteroatoms. The van der Waals surface area contributed by atoms with Crippen molar-refractivity contribution in [3.8, 4) is 0 Å². The van der Waals surface area contributed by atoms with E-state index in [2.05, 4.69) is 29.8 Å². The van der Waals surface area contributed by atoms with Crippen LogP contribution in [0.4, 0.5) is 0 Å². The van der Waals surface area contributed by atoms with Gasteiger partial charge in [-0.25, -0.2) is 8.42 Å². The Balaban J connectivity index is 2.49. The zero-order valence-electron chi connectivity index (χ0n) is 9.99. The lowest BCUT2D eigenvalue weighted by Crippen LogP contribution is -2.28. The quantitative estimate of drug-likeness (QED) is 0.707. The van der Waals surface area contributed by atoms with Crippen LogP contribution in [0.25, 0.3) is 0 Å². The van der Waals surface area contributed by atoms with Crippen molar-refractivity contribution in [2.24, 2.45) is 11.8 Å². The van der Waals surface area contributed by atoms with Crippen molar-refractivity contribution < 1.29 is 13.2 Å². The monoisotopic (exact) mass is 312 g/mol. The first-order chi connectivity index (χ1) is 7.44. The Morgan fingerprint density at radius 1 is 1.44 bits per heavy atom. The molecule has 1 heterocycles. The molecule has 0 saturated carbocycles. The fourth-order valence-corrected chi connectivity index (χ4v) is 5.27. The van der Waals surface area contributed by atoms with E-state index < -0.39 is 9.84 Å². The van der Waals surface area contributed by atoms with Gasteiger partial charge >= 0.3 is 0 Å². The number of ether oxygens (including phenoxy) is 1. The van der Waals surface area contributed by atoms with Gasteiger partial charge in [-0.05, 0) is 24.7 Å². The van der Waals surface area contributed by atoms with E-state index in [1.807, 2.05) is 0 Å². The number of alkyl halides is 1. The van der Waals surface area contributed by atoms with Crippen LogP contribution in [-0.2, 0) is 14.6 Å². The van der Waals surface area contributed by atoms with E-state index in [4.69, 9.17) is 4.74 Å². The van der Waals surface area contributed by atoms with Gasteiger partial charge in [0.2, 0.25) is 0 Å². The molecule has 1 aliphatic heterocycles. The lowest BCUT2D eigenvalue weighted by Gasteiger charge is -2.19. The summed E-state index contributed by atoms with van der Waals surface area (Å²) in [6, 6.07) is 0. The van der Waals surface area contributed by atoms with Gasteiger partial charge in [-0.1, -0.05) is 29.8 Å². The van der Waals surface area contributed by atoms with Gasteiger partial charge in [0.05, 0.1) is 17.6 Å². The van der Waals surface area contributed by atoms with E-state index >= 15 is 0 Å². The Hall–Kier alpha value is 0.390. The summed E-state index contributed by atoms with van der Waals surface area (Å²) in [5.74, 6) is 1.06. The molecule has 0 aromatic carbocycles. The highest BCUT2D eigenvalue weighted by Gasteiger charge is 2.26. The molecule has 0 amide bonds. The maximum atomic E-state index is 12.0. The molecule has 0 N–H and O–H groups in total. The van der Waals surface area contributed by atoms with E-state index in [1.54, 1.807) is 0 Å². The molecule has 16 heavy (non-hydrogen) atoms. The Morgan fingerprint density at radius 3 is 2.56 bits per heavy atom. The van der Waals surface area contributed by atoms with Crippen molar-refractivity contribution in [1.82, 2.24) is 0 Å². The lowest BCUT2D eigenvalue weighted by molar-refractivity contribution is 0.127. The molecule has 2 atom stereocenters. The van der Waals surface area contributed by atoms with Crippen LogP contribution in [0, 0.1) is 11.8 Å². The third kappa shape index (κ3) is 4.72. The third-order valence-corrected chi connectivity index (χ3v) is 5.72. The third-order valence-electron chi connectivity index (χ3n) is 3.07. The first-order valence-corrected chi connectivity index (χ1v) is 8.77. The minimum atomic E-state index is -2.98. The molecule has 3 nitrogen and oxygen atoms in total. The largest absolute Gasteiger partial charge is 0.377 e. The molecule has 1 fully saturated rings. The van der Waals surface area contributed by atoms with Gasteiger partial charge in [-0.2, -0.15) is 0 Å². The van der Waals surface area contributed by atoms with Crippen molar-refractivity contribution in [1.29, 1.82) is 0 Å². The predicted molar refractivity (Wildman–Crippen MR) is 69.7 cm³/mol. The van der Waals surface area contributed by atoms with E-state index in [0.29, 0.717) is 12.5 Å². The maximum absolute atomic E-state index is 12.0. The van der Waals surface area contributed by atoms with E-state index in [1.165, 1.54) is 0 Å². The van der Waals surface area contributed by atoms with Crippen molar-refractivity contribution >= 4 is 25.8 Å². The van der Waals surface area contributed by atoms with Crippen LogP contribution >= 0.6 is 15.9 Å². The first-order valence-electron chi connectivity index (χ1n) is 5.82. The van der Waals surface area contributed by atoms with Crippen LogP contribution in [0.1, 0.15) is 26.7 Å². The lowest BCUT2D eigenvalue weighted by atomic mass is 10.0. The van der Waals surface area contributed by atoms with Gasteiger partial charge in [0.15, 0.2) is 9.84 Å². The van der Waals surface area contributed by atoms with Gasteiger partial charge in [0.25, 0.3) is 0 Å². The topological polar surface area (TPSA) is 43.4 Å². The summed E-state index contributed by atoms with van der Waals surface area (Å²) in [4.78, 5) is 0. The molecule has 0 radical (unpaired) electrons. The highest BCUT2D eigenvalue weighted by atomic mass is 79.9. The minimum absolute atomic E-state index is 0.0619. The van der Waals surface area contributed by atoms with Gasteiger partial charge in [0.1, 0.15) is 0 Å². The van der Waals surface area contributed by atoms with Crippen LogP contribution < -0.4 is 0 Å². The fourth-order valence-electron chi connectivity index (χ4n) is 1.87. The molecule has 1 aliphatic rings. The Morgan fingerprint density at radius 2 is 2.12 bits per heavy atom. The first kappa shape index (κ1) is 14.5. The van der Waals surface area contributed by atoms with Crippen molar-refractivity contribution in [2.75, 3.05) is 23.4 Å². The normalized spacial score (nSPS) is 23.9. The number of hydrogen-bond acceptors (Lipinski definition) is 3. The summed E-state index contributed by atoms with van der Waals surface area (Å²) in [6.45, 7) is 4.84. The summed E-state index contributed by atoms with van der Waals surface area (Å²) < 4.78 is 29.3. The molecule has 0 spiro atoms. The number of halogens is 1. The Bertz CT molecular complexity index is 294. The summed E-state index contributed by atoms with van der Waals surface area (Å²) in [5, 5.41) is 0.745. The smallest absolute Gasteiger partial charge is 0.153 e. The van der Waals surface area contributed by atoms with Crippen LogP contribution in [-0.4, -0.2) is 38.0 Å². The van der Waals surface area contributed by atoms with Gasteiger partial charge < -0.3 is 4.74 Å². The standard InChI is InChI=1S/C11H21BrO3S/c1-9(2)10(6-12)7-16(13,14)8-11-4-3-5-15-11/h9-11H,3-8H2,1-2H3. The average Bonchev–Trinajstić information content (AvgIpc) is 2.65. The van der Waals surface area contributed by atoms with Gasteiger partial charge in [-0.3, -0.25) is 0 Å². The summed E-state index contributed by atoms with van der Waals surface area (Å²) >= 11 is 3.39. The zero-order chi connectivity index (χ0) is 12.2. The van der Waals surface area contributed by atoms with Gasteiger partial charge in [0, 0.05) is 11.9 Å². The van der Waals surface area contributed by atoms with E-state index in [-0.39, 0.29) is 23.5 Å². The molecule has 0 aromatic heterocycles. The Kier molecular flexibility index (Phi) is 5.74. The highest BCUT2D eigenvalue weighted by molar-refractivity contribution is 9.09. The number of sulfone groups is 1. The van der Waals surface area contributed by atoms with Gasteiger partial charge in [-0.15, -0.1) is 0 Å². The molecule has 1 saturated heterocycles. The van der Waals surface area contributed by atoms with Crippen molar-refractivity contribution in [2.45, 2.75) is 32.8 Å². The second kappa shape index (κ2) is 6.36. The second-order valence-electron chi connectivity index (χ2n) is 4.87. The van der Waals surface area contributed by atoms with Crippen molar-refractivity contribution in [3.05, 3.63) is 0 Å². The molecule has 2 unspecified atom stereocenters. The summed E-state index contributed by atoms with van der Waals surface area (Å²) in [7, 11) is -2.98. The Labute approximate surface area is 107 Å². The maximum Gasteiger partial charge on any atom is 0.153 e. The molecule has 0 aliphatic carbocycles. The fraction of sp³-hybridized carbons (Fsp3) is 1.00. The second-order valence-corrected chi connectivity index (χ2v) is 7.67. The number of rotatable bonds is 6. The average molecular weight is 313 g/mol. The van der Waals surface area contributed by atoms with Crippen LogP contribution in [0.5, 0.6) is 0 Å². The highest BCUT2D eigenvalue weighted by Crippen LogP contribution is 2.19. The molecular weight excluding hydrogens is 292 g/mol. The molecule has 0 bridgehead atoms. The summed E-state index contributed by atoms with van der Waals surface area (Å²) in [6.07, 6.45) is 1.82.